The van der Waals surface area contributed by atoms with Gasteiger partial charge in [-0.3, -0.25) is 0 Å². The standard InChI is InChI=1S/C12H16N4S2/c1-3-13-7-11(8-14(13)4-1)17-18-12-9-15-5-2-6-16(15)10-12/h1-6,11-12H,7-10H2/q+2. The van der Waals surface area contributed by atoms with Crippen molar-refractivity contribution in [2.24, 2.45) is 0 Å². The van der Waals surface area contributed by atoms with E-state index < -0.39 is 0 Å². The van der Waals surface area contributed by atoms with Gasteiger partial charge in [-0.05, 0) is 0 Å². The van der Waals surface area contributed by atoms with Crippen LogP contribution in [0.2, 0.25) is 0 Å². The van der Waals surface area contributed by atoms with Crippen molar-refractivity contribution in [3.8, 4) is 0 Å². The van der Waals surface area contributed by atoms with Crippen molar-refractivity contribution in [3.05, 3.63) is 36.9 Å². The number of aromatic nitrogens is 4. The van der Waals surface area contributed by atoms with Crippen LogP contribution < -0.4 is 9.36 Å². The molecule has 2 aliphatic rings. The molecule has 0 N–H and O–H groups in total. The highest BCUT2D eigenvalue weighted by atomic mass is 33.1. The number of hydrogen-bond acceptors (Lipinski definition) is 2. The Hall–Kier alpha value is -0.880. The molecule has 0 saturated carbocycles. The Balaban J connectivity index is 1.31. The van der Waals surface area contributed by atoms with Crippen LogP contribution in [0.5, 0.6) is 0 Å². The predicted octanol–water partition coefficient (Wildman–Crippen LogP) is 0.711. The maximum absolute atomic E-state index is 2.31. The topological polar surface area (TPSA) is 17.6 Å². The Morgan fingerprint density at radius 2 is 1.33 bits per heavy atom. The fraction of sp³-hybridized carbons (Fsp3) is 0.500. The summed E-state index contributed by atoms with van der Waals surface area (Å²) in [5.74, 6) is 0. The highest BCUT2D eigenvalue weighted by Crippen LogP contribution is 2.35. The quantitative estimate of drug-likeness (QED) is 0.609. The first-order valence-corrected chi connectivity index (χ1v) is 8.58. The number of fused-ring (bicyclic) bond motifs is 2. The van der Waals surface area contributed by atoms with Gasteiger partial charge in [0, 0.05) is 12.1 Å². The van der Waals surface area contributed by atoms with E-state index in [1.807, 2.05) is 0 Å². The molecule has 4 nitrogen and oxygen atoms in total. The fourth-order valence-electron chi connectivity index (χ4n) is 2.71. The molecule has 0 atom stereocenters. The molecule has 0 aromatic carbocycles. The molecule has 0 fully saturated rings. The molecule has 0 bridgehead atoms. The van der Waals surface area contributed by atoms with Gasteiger partial charge in [0.15, 0.2) is 25.5 Å². The molecule has 0 radical (unpaired) electrons. The van der Waals surface area contributed by atoms with Crippen LogP contribution in [0.25, 0.3) is 0 Å². The van der Waals surface area contributed by atoms with E-state index in [1.54, 1.807) is 0 Å². The number of rotatable bonds is 3. The molecule has 4 heterocycles. The normalized spacial score (nSPS) is 25.3. The second-order valence-corrected chi connectivity index (χ2v) is 7.78. The zero-order chi connectivity index (χ0) is 11.9. The van der Waals surface area contributed by atoms with Crippen LogP contribution in [0, 0.1) is 0 Å². The Morgan fingerprint density at radius 3 is 1.78 bits per heavy atom. The Kier molecular flexibility index (Phi) is 2.65. The second kappa shape index (κ2) is 4.35. The minimum atomic E-state index is 0.723. The van der Waals surface area contributed by atoms with Crippen molar-refractivity contribution < 1.29 is 9.36 Å². The summed E-state index contributed by atoms with van der Waals surface area (Å²) in [6.07, 6.45) is 8.68. The summed E-state index contributed by atoms with van der Waals surface area (Å²) in [6.45, 7) is 4.60. The largest absolute Gasteiger partial charge is 0.195 e. The summed E-state index contributed by atoms with van der Waals surface area (Å²) in [5.41, 5.74) is 0. The SMILES string of the molecule is c1cn2[n+](c1)CC(SSC1Cn3ccc[n+]3C1)C2. The van der Waals surface area contributed by atoms with Crippen LogP contribution in [0.1, 0.15) is 0 Å². The van der Waals surface area contributed by atoms with Gasteiger partial charge in [0.05, 0.1) is 36.0 Å². The average molecular weight is 280 g/mol. The highest BCUT2D eigenvalue weighted by molar-refractivity contribution is 8.77. The van der Waals surface area contributed by atoms with Crippen LogP contribution in [0.4, 0.5) is 0 Å². The van der Waals surface area contributed by atoms with Gasteiger partial charge in [0.25, 0.3) is 0 Å². The van der Waals surface area contributed by atoms with Gasteiger partial charge < -0.3 is 0 Å². The lowest BCUT2D eigenvalue weighted by atomic mass is 10.4. The first-order chi connectivity index (χ1) is 8.88. The zero-order valence-corrected chi connectivity index (χ0v) is 11.7. The summed E-state index contributed by atoms with van der Waals surface area (Å²) < 4.78 is 9.24. The Bertz CT molecular complexity index is 471. The molecule has 0 aliphatic carbocycles. The molecule has 2 aromatic rings. The molecule has 0 spiro atoms. The Morgan fingerprint density at radius 1 is 0.833 bits per heavy atom. The van der Waals surface area contributed by atoms with Crippen molar-refractivity contribution in [1.29, 1.82) is 0 Å². The lowest BCUT2D eigenvalue weighted by Gasteiger charge is -2.06. The van der Waals surface area contributed by atoms with E-state index in [9.17, 15) is 0 Å². The van der Waals surface area contributed by atoms with Crippen LogP contribution in [0.15, 0.2) is 36.9 Å². The molecule has 0 amide bonds. The van der Waals surface area contributed by atoms with Crippen LogP contribution in [0.3, 0.4) is 0 Å². The van der Waals surface area contributed by atoms with E-state index in [0.717, 1.165) is 36.7 Å². The van der Waals surface area contributed by atoms with Crippen molar-refractivity contribution in [3.63, 3.8) is 0 Å². The van der Waals surface area contributed by atoms with Gasteiger partial charge in [-0.25, -0.2) is 0 Å². The monoisotopic (exact) mass is 280 g/mol. The average Bonchev–Trinajstić information content (AvgIpc) is 3.04. The summed E-state index contributed by atoms with van der Waals surface area (Å²) in [7, 11) is 4.13. The number of hydrogen-bond donors (Lipinski definition) is 0. The maximum atomic E-state index is 2.31. The fourth-order valence-corrected chi connectivity index (χ4v) is 5.55. The van der Waals surface area contributed by atoms with E-state index in [1.165, 1.54) is 0 Å². The minimum Gasteiger partial charge on any atom is -0.159 e. The molecule has 94 valence electrons. The predicted molar refractivity (Wildman–Crippen MR) is 72.0 cm³/mol. The third-order valence-electron chi connectivity index (χ3n) is 3.58. The van der Waals surface area contributed by atoms with Gasteiger partial charge in [-0.2, -0.15) is 9.36 Å². The second-order valence-electron chi connectivity index (χ2n) is 4.91. The summed E-state index contributed by atoms with van der Waals surface area (Å²) in [6, 6.07) is 4.24. The van der Waals surface area contributed by atoms with E-state index in [4.69, 9.17) is 0 Å². The highest BCUT2D eigenvalue weighted by Gasteiger charge is 2.32. The van der Waals surface area contributed by atoms with Gasteiger partial charge in [-0.1, -0.05) is 21.6 Å². The van der Waals surface area contributed by atoms with Crippen molar-refractivity contribution in [2.45, 2.75) is 36.7 Å². The first-order valence-electron chi connectivity index (χ1n) is 6.30. The molecule has 2 aromatic heterocycles. The van der Waals surface area contributed by atoms with Gasteiger partial charge in [0.2, 0.25) is 0 Å². The van der Waals surface area contributed by atoms with E-state index in [-0.39, 0.29) is 0 Å². The van der Waals surface area contributed by atoms with Crippen LogP contribution in [-0.2, 0) is 26.2 Å². The molecule has 18 heavy (non-hydrogen) atoms. The van der Waals surface area contributed by atoms with Crippen molar-refractivity contribution in [2.75, 3.05) is 0 Å². The molecule has 2 aliphatic heterocycles. The van der Waals surface area contributed by atoms with E-state index in [0.29, 0.717) is 0 Å². The summed E-state index contributed by atoms with van der Waals surface area (Å²) >= 11 is 0. The first kappa shape index (κ1) is 11.0. The number of nitrogens with zero attached hydrogens (tertiary/aromatic N) is 4. The Labute approximate surface area is 114 Å². The van der Waals surface area contributed by atoms with Crippen LogP contribution in [-0.4, -0.2) is 19.9 Å². The maximum Gasteiger partial charge on any atom is 0.195 e. The molecular formula is C12H16N4S2+2. The van der Waals surface area contributed by atoms with Gasteiger partial charge in [-0.15, -0.1) is 9.36 Å². The van der Waals surface area contributed by atoms with Gasteiger partial charge in [0.1, 0.15) is 0 Å². The van der Waals surface area contributed by atoms with E-state index in [2.05, 4.69) is 77.2 Å². The summed E-state index contributed by atoms with van der Waals surface area (Å²) in [5, 5.41) is 1.45. The lowest BCUT2D eigenvalue weighted by Crippen LogP contribution is -2.36. The molecule has 0 unspecified atom stereocenters. The molecule has 6 heteroatoms. The van der Waals surface area contributed by atoms with Crippen molar-refractivity contribution in [1.82, 2.24) is 9.36 Å². The van der Waals surface area contributed by atoms with Gasteiger partial charge >= 0.3 is 0 Å². The summed E-state index contributed by atoms with van der Waals surface area (Å²) in [4.78, 5) is 0. The minimum absolute atomic E-state index is 0.723. The molecule has 4 rings (SSSR count). The van der Waals surface area contributed by atoms with Crippen molar-refractivity contribution >= 4 is 21.6 Å². The molecular weight excluding hydrogens is 264 g/mol. The zero-order valence-electron chi connectivity index (χ0n) is 10.1. The smallest absolute Gasteiger partial charge is 0.159 e. The third kappa shape index (κ3) is 1.87. The lowest BCUT2D eigenvalue weighted by molar-refractivity contribution is -0.757. The molecule has 0 saturated heterocycles. The van der Waals surface area contributed by atoms with Crippen LogP contribution >= 0.6 is 21.6 Å². The third-order valence-corrected chi connectivity index (χ3v) is 6.80. The van der Waals surface area contributed by atoms with E-state index >= 15 is 0 Å².